The first-order chi connectivity index (χ1) is 8.27. The van der Waals surface area contributed by atoms with Gasteiger partial charge < -0.3 is 15.5 Å². The Morgan fingerprint density at radius 2 is 2.24 bits per heavy atom. The molecule has 1 fully saturated rings. The van der Waals surface area contributed by atoms with Gasteiger partial charge in [-0.2, -0.15) is 0 Å². The zero-order valence-corrected chi connectivity index (χ0v) is 9.37. The number of anilines is 1. The van der Waals surface area contributed by atoms with E-state index in [1.165, 1.54) is 6.07 Å². The molecular weight excluding hydrogens is 221 g/mol. The normalized spacial score (nSPS) is 23.5. The van der Waals surface area contributed by atoms with E-state index in [4.69, 9.17) is 0 Å². The fourth-order valence-corrected chi connectivity index (χ4v) is 2.51. The highest BCUT2D eigenvalue weighted by Crippen LogP contribution is 2.29. The summed E-state index contributed by atoms with van der Waals surface area (Å²) < 4.78 is 13.7. The van der Waals surface area contributed by atoms with Crippen molar-refractivity contribution in [3.05, 3.63) is 29.6 Å². The molecule has 2 aliphatic heterocycles. The average Bonchev–Trinajstić information content (AvgIpc) is 2.54. The van der Waals surface area contributed by atoms with Gasteiger partial charge in [-0.05, 0) is 25.1 Å². The third kappa shape index (κ3) is 1.67. The van der Waals surface area contributed by atoms with Crippen LogP contribution in [0.1, 0.15) is 16.8 Å². The number of carbonyl (C=O) groups is 1. The first-order valence-corrected chi connectivity index (χ1v) is 5.84. The quantitative estimate of drug-likeness (QED) is 0.695. The zero-order valence-electron chi connectivity index (χ0n) is 9.37. The second-order valence-electron chi connectivity index (χ2n) is 4.36. The summed E-state index contributed by atoms with van der Waals surface area (Å²) in [6.07, 6.45) is 0.814. The average molecular weight is 235 g/mol. The molecule has 1 saturated heterocycles. The fraction of sp³-hybridized carbons (Fsp3) is 0.417. The molecule has 0 radical (unpaired) electrons. The van der Waals surface area contributed by atoms with Gasteiger partial charge in [0.15, 0.2) is 0 Å². The van der Waals surface area contributed by atoms with Crippen molar-refractivity contribution in [1.82, 2.24) is 10.6 Å². The largest absolute Gasteiger partial charge is 0.349 e. The van der Waals surface area contributed by atoms with Crippen LogP contribution in [0.25, 0.3) is 0 Å². The van der Waals surface area contributed by atoms with Crippen molar-refractivity contribution in [2.75, 3.05) is 24.5 Å². The van der Waals surface area contributed by atoms with E-state index < -0.39 is 5.82 Å². The lowest BCUT2D eigenvalue weighted by atomic mass is 10.1. The smallest absolute Gasteiger partial charge is 0.257 e. The summed E-state index contributed by atoms with van der Waals surface area (Å²) in [6.45, 7) is 2.50. The molecule has 2 heterocycles. The van der Waals surface area contributed by atoms with Crippen molar-refractivity contribution in [3.63, 3.8) is 0 Å². The van der Waals surface area contributed by atoms with Crippen molar-refractivity contribution in [1.29, 1.82) is 0 Å². The van der Waals surface area contributed by atoms with Gasteiger partial charge in [-0.15, -0.1) is 0 Å². The number of benzene rings is 1. The molecule has 1 aromatic rings. The van der Waals surface area contributed by atoms with E-state index in [1.807, 2.05) is 6.07 Å². The Labute approximate surface area is 98.8 Å². The summed E-state index contributed by atoms with van der Waals surface area (Å²) in [7, 11) is 0. The molecule has 17 heavy (non-hydrogen) atoms. The molecule has 0 spiro atoms. The predicted octanol–water partition coefficient (Wildman–Crippen LogP) is 0.695. The second kappa shape index (κ2) is 4.00. The Hall–Kier alpha value is -1.62. The zero-order chi connectivity index (χ0) is 11.8. The van der Waals surface area contributed by atoms with E-state index in [2.05, 4.69) is 15.5 Å². The number of hydrogen-bond acceptors (Lipinski definition) is 3. The molecule has 0 saturated carbocycles. The minimum atomic E-state index is -0.448. The van der Waals surface area contributed by atoms with E-state index in [9.17, 15) is 9.18 Å². The van der Waals surface area contributed by atoms with Crippen LogP contribution in [0.3, 0.4) is 0 Å². The number of nitrogens with one attached hydrogen (secondary N) is 2. The molecule has 1 aromatic carbocycles. The van der Waals surface area contributed by atoms with Gasteiger partial charge in [0.1, 0.15) is 12.0 Å². The van der Waals surface area contributed by atoms with Gasteiger partial charge in [-0.1, -0.05) is 6.07 Å². The summed E-state index contributed by atoms with van der Waals surface area (Å²) in [5, 5.41) is 6.14. The molecule has 0 unspecified atom stereocenters. The van der Waals surface area contributed by atoms with Crippen LogP contribution in [-0.4, -0.2) is 31.7 Å². The van der Waals surface area contributed by atoms with Gasteiger partial charge in [-0.25, -0.2) is 4.39 Å². The number of rotatable bonds is 0. The topological polar surface area (TPSA) is 44.4 Å². The lowest BCUT2D eigenvalue weighted by Crippen LogP contribution is -2.53. The second-order valence-corrected chi connectivity index (χ2v) is 4.36. The van der Waals surface area contributed by atoms with Gasteiger partial charge in [0, 0.05) is 13.1 Å². The molecular formula is C12H14FN3O. The van der Waals surface area contributed by atoms with Crippen molar-refractivity contribution < 1.29 is 9.18 Å². The SMILES string of the molecule is O=C1N[C@H]2CCNCCN2c2cccc(F)c21. The highest BCUT2D eigenvalue weighted by atomic mass is 19.1. The number of amides is 1. The van der Waals surface area contributed by atoms with Gasteiger partial charge in [0.25, 0.3) is 5.91 Å². The third-order valence-corrected chi connectivity index (χ3v) is 3.33. The van der Waals surface area contributed by atoms with Crippen molar-refractivity contribution >= 4 is 11.6 Å². The molecule has 1 amide bonds. The maximum atomic E-state index is 13.7. The first-order valence-electron chi connectivity index (χ1n) is 5.84. The van der Waals surface area contributed by atoms with Crippen LogP contribution in [0.4, 0.5) is 10.1 Å². The molecule has 1 atom stereocenters. The van der Waals surface area contributed by atoms with Crippen LogP contribution in [0.5, 0.6) is 0 Å². The minimum absolute atomic E-state index is 0.0215. The Bertz CT molecular complexity index is 463. The molecule has 4 nitrogen and oxygen atoms in total. The van der Waals surface area contributed by atoms with Crippen LogP contribution in [-0.2, 0) is 0 Å². The molecule has 3 rings (SSSR count). The van der Waals surface area contributed by atoms with E-state index >= 15 is 0 Å². The fourth-order valence-electron chi connectivity index (χ4n) is 2.51. The molecule has 5 heteroatoms. The van der Waals surface area contributed by atoms with E-state index in [0.29, 0.717) is 5.69 Å². The Morgan fingerprint density at radius 3 is 3.12 bits per heavy atom. The number of fused-ring (bicyclic) bond motifs is 3. The van der Waals surface area contributed by atoms with Crippen LogP contribution in [0.15, 0.2) is 18.2 Å². The monoisotopic (exact) mass is 235 g/mol. The highest BCUT2D eigenvalue weighted by Gasteiger charge is 2.33. The van der Waals surface area contributed by atoms with E-state index in [0.717, 1.165) is 26.1 Å². The van der Waals surface area contributed by atoms with Gasteiger partial charge >= 0.3 is 0 Å². The summed E-state index contributed by atoms with van der Waals surface area (Å²) in [4.78, 5) is 13.9. The van der Waals surface area contributed by atoms with Gasteiger partial charge in [-0.3, -0.25) is 4.79 Å². The van der Waals surface area contributed by atoms with Crippen molar-refractivity contribution in [2.24, 2.45) is 0 Å². The molecule has 2 N–H and O–H groups in total. The maximum absolute atomic E-state index is 13.7. The standard InChI is InChI=1S/C12H14FN3O/c13-8-2-1-3-9-11(8)12(17)15-10-4-5-14-6-7-16(9)10/h1-3,10,14H,4-7H2,(H,15,17)/t10-/m1/s1. The maximum Gasteiger partial charge on any atom is 0.257 e. The third-order valence-electron chi connectivity index (χ3n) is 3.33. The number of halogens is 1. The van der Waals surface area contributed by atoms with Crippen LogP contribution in [0, 0.1) is 5.82 Å². The van der Waals surface area contributed by atoms with Crippen LogP contribution < -0.4 is 15.5 Å². The lowest BCUT2D eigenvalue weighted by molar-refractivity contribution is 0.0922. The Kier molecular flexibility index (Phi) is 2.48. The van der Waals surface area contributed by atoms with Crippen LogP contribution >= 0.6 is 0 Å². The Balaban J connectivity index is 2.08. The number of carbonyl (C=O) groups excluding carboxylic acids is 1. The first kappa shape index (κ1) is 10.5. The molecule has 90 valence electrons. The van der Waals surface area contributed by atoms with Crippen molar-refractivity contribution in [2.45, 2.75) is 12.6 Å². The summed E-state index contributed by atoms with van der Waals surface area (Å²) >= 11 is 0. The predicted molar refractivity (Wildman–Crippen MR) is 62.5 cm³/mol. The Morgan fingerprint density at radius 1 is 1.35 bits per heavy atom. The van der Waals surface area contributed by atoms with Gasteiger partial charge in [0.05, 0.1) is 11.3 Å². The highest BCUT2D eigenvalue weighted by molar-refractivity contribution is 6.02. The van der Waals surface area contributed by atoms with Crippen molar-refractivity contribution in [3.8, 4) is 0 Å². The molecule has 0 bridgehead atoms. The summed E-state index contributed by atoms with van der Waals surface area (Å²) in [5.41, 5.74) is 0.883. The van der Waals surface area contributed by atoms with Gasteiger partial charge in [0.2, 0.25) is 0 Å². The van der Waals surface area contributed by atoms with E-state index in [1.54, 1.807) is 6.07 Å². The minimum Gasteiger partial charge on any atom is -0.349 e. The lowest BCUT2D eigenvalue weighted by Gasteiger charge is -2.37. The number of hydrogen-bond donors (Lipinski definition) is 2. The van der Waals surface area contributed by atoms with E-state index in [-0.39, 0.29) is 17.6 Å². The number of nitrogens with zero attached hydrogens (tertiary/aromatic N) is 1. The summed E-state index contributed by atoms with van der Waals surface area (Å²) in [5.74, 6) is -0.753. The molecule has 2 aliphatic rings. The summed E-state index contributed by atoms with van der Waals surface area (Å²) in [6, 6.07) is 4.80. The molecule has 0 aliphatic carbocycles. The molecule has 0 aromatic heterocycles. The van der Waals surface area contributed by atoms with Crippen LogP contribution in [0.2, 0.25) is 0 Å².